The lowest BCUT2D eigenvalue weighted by Crippen LogP contribution is -2.43. The first-order valence-corrected chi connectivity index (χ1v) is 10.9. The molecule has 1 aromatic carbocycles. The van der Waals surface area contributed by atoms with E-state index in [1.54, 1.807) is 22.3 Å². The van der Waals surface area contributed by atoms with Crippen LogP contribution in [0.3, 0.4) is 0 Å². The molecule has 7 heteroatoms. The van der Waals surface area contributed by atoms with E-state index in [9.17, 15) is 9.59 Å². The molecule has 0 bridgehead atoms. The Labute approximate surface area is 175 Å². The SMILES string of the molecule is CC(C)(C)OC(=O)N1CCCC(CCNC(=O)/C=C/c2nc3ccccc3s2)C1. The van der Waals surface area contributed by atoms with Gasteiger partial charge in [0.15, 0.2) is 0 Å². The van der Waals surface area contributed by atoms with Crippen LogP contribution in [0.1, 0.15) is 45.0 Å². The predicted octanol–water partition coefficient (Wildman–Crippen LogP) is 4.46. The van der Waals surface area contributed by atoms with E-state index >= 15 is 0 Å². The molecule has 3 rings (SSSR count). The van der Waals surface area contributed by atoms with Gasteiger partial charge in [0, 0.05) is 25.7 Å². The lowest BCUT2D eigenvalue weighted by atomic mass is 9.95. The molecule has 0 spiro atoms. The Morgan fingerprint density at radius 2 is 2.14 bits per heavy atom. The minimum Gasteiger partial charge on any atom is -0.444 e. The van der Waals surface area contributed by atoms with Crippen LogP contribution in [-0.4, -0.2) is 47.1 Å². The first-order chi connectivity index (χ1) is 13.8. The summed E-state index contributed by atoms with van der Waals surface area (Å²) in [6, 6.07) is 7.93. The molecule has 1 fully saturated rings. The lowest BCUT2D eigenvalue weighted by Gasteiger charge is -2.34. The molecule has 2 aromatic rings. The van der Waals surface area contributed by atoms with Crippen molar-refractivity contribution in [3.63, 3.8) is 0 Å². The van der Waals surface area contributed by atoms with Crippen molar-refractivity contribution in [2.75, 3.05) is 19.6 Å². The number of nitrogens with one attached hydrogen (secondary N) is 1. The summed E-state index contributed by atoms with van der Waals surface area (Å²) in [5, 5.41) is 3.75. The topological polar surface area (TPSA) is 71.5 Å². The van der Waals surface area contributed by atoms with Crippen LogP contribution in [0.2, 0.25) is 0 Å². The van der Waals surface area contributed by atoms with E-state index in [0.29, 0.717) is 19.0 Å². The first kappa shape index (κ1) is 21.3. The number of fused-ring (bicyclic) bond motifs is 1. The van der Waals surface area contributed by atoms with Gasteiger partial charge in [-0.15, -0.1) is 11.3 Å². The summed E-state index contributed by atoms with van der Waals surface area (Å²) in [6.45, 7) is 7.65. The Balaban J connectivity index is 1.42. The smallest absolute Gasteiger partial charge is 0.410 e. The highest BCUT2D eigenvalue weighted by Gasteiger charge is 2.27. The average molecular weight is 416 g/mol. The number of rotatable bonds is 5. The van der Waals surface area contributed by atoms with Gasteiger partial charge in [-0.3, -0.25) is 4.79 Å². The van der Waals surface area contributed by atoms with Gasteiger partial charge in [-0.25, -0.2) is 9.78 Å². The number of para-hydroxylation sites is 1. The Morgan fingerprint density at radius 1 is 1.34 bits per heavy atom. The van der Waals surface area contributed by atoms with E-state index in [0.717, 1.165) is 41.0 Å². The molecule has 6 nitrogen and oxygen atoms in total. The van der Waals surface area contributed by atoms with Crippen LogP contribution in [0.4, 0.5) is 4.79 Å². The summed E-state index contributed by atoms with van der Waals surface area (Å²) in [5.74, 6) is 0.258. The predicted molar refractivity (Wildman–Crippen MR) is 117 cm³/mol. The summed E-state index contributed by atoms with van der Waals surface area (Å²) >= 11 is 1.57. The van der Waals surface area contributed by atoms with E-state index in [1.807, 2.05) is 45.0 Å². The number of benzene rings is 1. The number of ether oxygens (including phenoxy) is 1. The van der Waals surface area contributed by atoms with Crippen molar-refractivity contribution in [2.45, 2.75) is 45.6 Å². The third-order valence-electron chi connectivity index (χ3n) is 4.71. The third-order valence-corrected chi connectivity index (χ3v) is 5.71. The van der Waals surface area contributed by atoms with Crippen LogP contribution in [0.5, 0.6) is 0 Å². The number of aromatic nitrogens is 1. The fourth-order valence-corrected chi connectivity index (χ4v) is 4.23. The van der Waals surface area contributed by atoms with E-state index in [4.69, 9.17) is 4.74 Å². The number of likely N-dealkylation sites (tertiary alicyclic amines) is 1. The van der Waals surface area contributed by atoms with Crippen LogP contribution in [0.15, 0.2) is 30.3 Å². The zero-order valence-electron chi connectivity index (χ0n) is 17.3. The maximum Gasteiger partial charge on any atom is 0.410 e. The molecular formula is C22H29N3O3S. The summed E-state index contributed by atoms with van der Waals surface area (Å²) in [4.78, 5) is 30.6. The normalized spacial score (nSPS) is 17.6. The van der Waals surface area contributed by atoms with Crippen LogP contribution in [0.25, 0.3) is 16.3 Å². The molecule has 156 valence electrons. The molecule has 2 heterocycles. The second-order valence-corrected chi connectivity index (χ2v) is 9.43. The second kappa shape index (κ2) is 9.39. The average Bonchev–Trinajstić information content (AvgIpc) is 3.08. The summed E-state index contributed by atoms with van der Waals surface area (Å²) in [6.07, 6.45) is 5.92. The molecule has 1 N–H and O–H groups in total. The van der Waals surface area contributed by atoms with Crippen molar-refractivity contribution >= 4 is 39.6 Å². The van der Waals surface area contributed by atoms with Gasteiger partial charge in [-0.1, -0.05) is 12.1 Å². The van der Waals surface area contributed by atoms with Crippen molar-refractivity contribution in [3.05, 3.63) is 35.3 Å². The third kappa shape index (κ3) is 6.56. The largest absolute Gasteiger partial charge is 0.444 e. The standard InChI is InChI=1S/C22H29N3O3S/c1-22(2,3)28-21(27)25-14-6-7-16(15-25)12-13-23-19(26)10-11-20-24-17-8-4-5-9-18(17)29-20/h4-5,8-11,16H,6-7,12-15H2,1-3H3,(H,23,26)/b11-10+. The number of carbonyl (C=O) groups excluding carboxylic acids is 2. The Kier molecular flexibility index (Phi) is 6.90. The number of thiazole rings is 1. The van der Waals surface area contributed by atoms with Gasteiger partial charge in [0.1, 0.15) is 10.6 Å². The summed E-state index contributed by atoms with van der Waals surface area (Å²) in [7, 11) is 0. The maximum absolute atomic E-state index is 12.2. The Hall–Kier alpha value is -2.41. The molecule has 0 radical (unpaired) electrons. The van der Waals surface area contributed by atoms with Crippen LogP contribution in [0, 0.1) is 5.92 Å². The molecular weight excluding hydrogens is 386 g/mol. The molecule has 1 aromatic heterocycles. The number of carbonyl (C=O) groups is 2. The van der Waals surface area contributed by atoms with Crippen LogP contribution < -0.4 is 5.32 Å². The van der Waals surface area contributed by atoms with Gasteiger partial charge in [0.05, 0.1) is 10.2 Å². The Bertz CT molecular complexity index is 852. The number of nitrogens with zero attached hydrogens (tertiary/aromatic N) is 2. The van der Waals surface area contributed by atoms with E-state index in [1.165, 1.54) is 6.08 Å². The van der Waals surface area contributed by atoms with Gasteiger partial charge in [-0.2, -0.15) is 0 Å². The Morgan fingerprint density at radius 3 is 2.90 bits per heavy atom. The molecule has 1 unspecified atom stereocenters. The van der Waals surface area contributed by atoms with Crippen LogP contribution in [-0.2, 0) is 9.53 Å². The first-order valence-electron chi connectivity index (χ1n) is 10.1. The molecule has 0 saturated carbocycles. The summed E-state index contributed by atoms with van der Waals surface area (Å²) in [5.41, 5.74) is 0.470. The molecule has 1 aliphatic rings. The number of amides is 2. The number of hydrogen-bond donors (Lipinski definition) is 1. The van der Waals surface area contributed by atoms with E-state index in [2.05, 4.69) is 10.3 Å². The van der Waals surface area contributed by atoms with Gasteiger partial charge in [-0.05, 0) is 64.2 Å². The van der Waals surface area contributed by atoms with Crippen molar-refractivity contribution in [2.24, 2.45) is 5.92 Å². The van der Waals surface area contributed by atoms with Gasteiger partial charge >= 0.3 is 6.09 Å². The van der Waals surface area contributed by atoms with Gasteiger partial charge < -0.3 is 15.0 Å². The number of piperidine rings is 1. The highest BCUT2D eigenvalue weighted by Crippen LogP contribution is 2.23. The molecule has 0 aliphatic carbocycles. The minimum absolute atomic E-state index is 0.121. The van der Waals surface area contributed by atoms with Crippen LogP contribution >= 0.6 is 11.3 Å². The molecule has 2 amide bonds. The maximum atomic E-state index is 12.2. The fraction of sp³-hybridized carbons (Fsp3) is 0.500. The van der Waals surface area contributed by atoms with Crippen molar-refractivity contribution in [1.29, 1.82) is 0 Å². The molecule has 29 heavy (non-hydrogen) atoms. The van der Waals surface area contributed by atoms with Gasteiger partial charge in [0.25, 0.3) is 0 Å². The highest BCUT2D eigenvalue weighted by atomic mass is 32.1. The molecule has 1 saturated heterocycles. The van der Waals surface area contributed by atoms with E-state index in [-0.39, 0.29) is 12.0 Å². The second-order valence-electron chi connectivity index (χ2n) is 8.37. The van der Waals surface area contributed by atoms with Crippen molar-refractivity contribution < 1.29 is 14.3 Å². The minimum atomic E-state index is -0.479. The lowest BCUT2D eigenvalue weighted by molar-refractivity contribution is -0.116. The number of hydrogen-bond acceptors (Lipinski definition) is 5. The molecule has 1 atom stereocenters. The quantitative estimate of drug-likeness (QED) is 0.732. The zero-order valence-corrected chi connectivity index (χ0v) is 18.1. The monoisotopic (exact) mass is 415 g/mol. The van der Waals surface area contributed by atoms with Crippen molar-refractivity contribution in [1.82, 2.24) is 15.2 Å². The van der Waals surface area contributed by atoms with Crippen molar-refractivity contribution in [3.8, 4) is 0 Å². The highest BCUT2D eigenvalue weighted by molar-refractivity contribution is 7.19. The summed E-state index contributed by atoms with van der Waals surface area (Å²) < 4.78 is 6.58. The zero-order chi connectivity index (χ0) is 20.9. The van der Waals surface area contributed by atoms with Gasteiger partial charge in [0.2, 0.25) is 5.91 Å². The van der Waals surface area contributed by atoms with E-state index < -0.39 is 5.60 Å². The fourth-order valence-electron chi connectivity index (χ4n) is 3.36. The molecule has 1 aliphatic heterocycles.